The molecule has 1 aromatic heterocycles. The van der Waals surface area contributed by atoms with Crippen LogP contribution in [0.4, 0.5) is 8.78 Å². The molecule has 2 aromatic rings. The molecule has 1 N–H and O–H groups in total. The minimum atomic E-state index is -2.57. The van der Waals surface area contributed by atoms with Gasteiger partial charge in [0.15, 0.2) is 0 Å². The van der Waals surface area contributed by atoms with E-state index in [9.17, 15) is 13.9 Å². The number of ether oxygens (including phenoxy) is 1. The van der Waals surface area contributed by atoms with Crippen LogP contribution in [-0.4, -0.2) is 17.2 Å². The van der Waals surface area contributed by atoms with Crippen molar-refractivity contribution < 1.29 is 18.6 Å². The molecule has 0 fully saturated rings. The summed E-state index contributed by atoms with van der Waals surface area (Å²) in [5.41, 5.74) is 0.526. The second-order valence-corrected chi connectivity index (χ2v) is 3.96. The number of aliphatic hydroxyl groups is 1. The van der Waals surface area contributed by atoms with Gasteiger partial charge in [-0.1, -0.05) is 18.2 Å². The Labute approximate surface area is 109 Å². The van der Waals surface area contributed by atoms with E-state index in [4.69, 9.17) is 4.74 Å². The quantitative estimate of drug-likeness (QED) is 0.923. The zero-order valence-corrected chi connectivity index (χ0v) is 10.3. The van der Waals surface area contributed by atoms with Crippen molar-refractivity contribution in [1.29, 1.82) is 0 Å². The fraction of sp³-hybridized carbons (Fsp3) is 0.214. The number of pyridine rings is 1. The van der Waals surface area contributed by atoms with E-state index in [0.29, 0.717) is 17.0 Å². The zero-order valence-electron chi connectivity index (χ0n) is 10.3. The molecule has 0 radical (unpaired) electrons. The van der Waals surface area contributed by atoms with Crippen LogP contribution in [0.5, 0.6) is 5.75 Å². The maximum Gasteiger partial charge on any atom is 0.263 e. The van der Waals surface area contributed by atoms with Crippen LogP contribution < -0.4 is 4.74 Å². The molecule has 0 saturated carbocycles. The van der Waals surface area contributed by atoms with Crippen LogP contribution in [0.15, 0.2) is 42.6 Å². The van der Waals surface area contributed by atoms with E-state index in [1.54, 1.807) is 18.2 Å². The van der Waals surface area contributed by atoms with Gasteiger partial charge in [-0.05, 0) is 23.8 Å². The van der Waals surface area contributed by atoms with E-state index in [2.05, 4.69) is 4.98 Å². The van der Waals surface area contributed by atoms with Crippen molar-refractivity contribution in [2.45, 2.75) is 12.5 Å². The first kappa shape index (κ1) is 13.4. The number of alkyl halides is 2. The Morgan fingerprint density at radius 1 is 1.16 bits per heavy atom. The molecule has 1 heterocycles. The Bertz CT molecular complexity index is 561. The summed E-state index contributed by atoms with van der Waals surface area (Å²) in [5, 5.41) is 10.2. The van der Waals surface area contributed by atoms with Gasteiger partial charge in [-0.3, -0.25) is 4.98 Å². The monoisotopic (exact) mass is 265 g/mol. The van der Waals surface area contributed by atoms with Gasteiger partial charge in [0.25, 0.3) is 6.43 Å². The van der Waals surface area contributed by atoms with Gasteiger partial charge in [-0.15, -0.1) is 0 Å². The highest BCUT2D eigenvalue weighted by molar-refractivity contribution is 5.36. The minimum Gasteiger partial charge on any atom is -0.495 e. The summed E-state index contributed by atoms with van der Waals surface area (Å²) in [5.74, 6) is 0.414. The number of aliphatic hydroxyl groups excluding tert-OH is 1. The third-order valence-corrected chi connectivity index (χ3v) is 2.76. The predicted octanol–water partition coefficient (Wildman–Crippen LogP) is 3.11. The summed E-state index contributed by atoms with van der Waals surface area (Å²) in [6, 6.07) is 8.97. The van der Waals surface area contributed by atoms with Gasteiger partial charge in [-0.2, -0.15) is 0 Å². The molecule has 0 spiro atoms. The Morgan fingerprint density at radius 2 is 1.89 bits per heavy atom. The van der Waals surface area contributed by atoms with Crippen molar-refractivity contribution in [2.24, 2.45) is 0 Å². The largest absolute Gasteiger partial charge is 0.495 e. The molecule has 0 aliphatic rings. The van der Waals surface area contributed by atoms with E-state index in [1.165, 1.54) is 31.5 Å². The van der Waals surface area contributed by atoms with E-state index in [1.807, 2.05) is 0 Å². The topological polar surface area (TPSA) is 42.4 Å². The molecular formula is C14H13F2NO2. The van der Waals surface area contributed by atoms with Gasteiger partial charge in [0.05, 0.1) is 7.11 Å². The fourth-order valence-corrected chi connectivity index (χ4v) is 1.80. The van der Waals surface area contributed by atoms with Crippen LogP contribution in [-0.2, 0) is 0 Å². The van der Waals surface area contributed by atoms with Crippen LogP contribution in [0.2, 0.25) is 0 Å². The van der Waals surface area contributed by atoms with Crippen molar-refractivity contribution >= 4 is 0 Å². The molecule has 2 rings (SSSR count). The number of aromatic nitrogens is 1. The number of hydrogen-bond acceptors (Lipinski definition) is 3. The first-order valence-electron chi connectivity index (χ1n) is 5.68. The van der Waals surface area contributed by atoms with Gasteiger partial charge >= 0.3 is 0 Å². The third kappa shape index (κ3) is 2.88. The molecule has 1 atom stereocenters. The lowest BCUT2D eigenvalue weighted by molar-refractivity contribution is 0.150. The Hall–Kier alpha value is -2.01. The number of nitrogens with zero attached hydrogens (tertiary/aromatic N) is 1. The highest BCUT2D eigenvalue weighted by Crippen LogP contribution is 2.29. The summed E-state index contributed by atoms with van der Waals surface area (Å²) >= 11 is 0. The number of methoxy groups -OCH3 is 1. The van der Waals surface area contributed by atoms with Gasteiger partial charge < -0.3 is 9.84 Å². The van der Waals surface area contributed by atoms with Crippen molar-refractivity contribution in [2.75, 3.05) is 7.11 Å². The smallest absolute Gasteiger partial charge is 0.263 e. The molecule has 1 unspecified atom stereocenters. The highest BCUT2D eigenvalue weighted by Gasteiger charge is 2.18. The molecule has 1 aromatic carbocycles. The van der Waals surface area contributed by atoms with Crippen LogP contribution in [0.25, 0.3) is 0 Å². The van der Waals surface area contributed by atoms with Crippen molar-refractivity contribution in [3.63, 3.8) is 0 Å². The highest BCUT2D eigenvalue weighted by atomic mass is 19.3. The average molecular weight is 265 g/mol. The van der Waals surface area contributed by atoms with Gasteiger partial charge in [0, 0.05) is 11.8 Å². The van der Waals surface area contributed by atoms with Crippen molar-refractivity contribution in [3.05, 3.63) is 59.4 Å². The Morgan fingerprint density at radius 3 is 2.58 bits per heavy atom. The molecule has 0 aliphatic carbocycles. The third-order valence-electron chi connectivity index (χ3n) is 2.76. The van der Waals surface area contributed by atoms with Crippen molar-refractivity contribution in [1.82, 2.24) is 4.98 Å². The average Bonchev–Trinajstić information content (AvgIpc) is 2.46. The maximum atomic E-state index is 12.6. The van der Waals surface area contributed by atoms with Gasteiger partial charge in [0.1, 0.15) is 17.5 Å². The Kier molecular flexibility index (Phi) is 4.06. The normalized spacial score (nSPS) is 12.5. The predicted molar refractivity (Wildman–Crippen MR) is 66.2 cm³/mol. The number of hydrogen-bond donors (Lipinski definition) is 1. The van der Waals surface area contributed by atoms with Crippen molar-refractivity contribution in [3.8, 4) is 5.75 Å². The first-order valence-corrected chi connectivity index (χ1v) is 5.68. The van der Waals surface area contributed by atoms with E-state index >= 15 is 0 Å². The van der Waals surface area contributed by atoms with Gasteiger partial charge in [0.2, 0.25) is 0 Å². The van der Waals surface area contributed by atoms with Crippen LogP contribution in [0.3, 0.4) is 0 Å². The standard InChI is InChI=1S/C14H13F2NO2/c1-19-11-6-3-7-17-12(11)13(18)9-4-2-5-10(8-9)14(15)16/h2-8,13-14,18H,1H3. The van der Waals surface area contributed by atoms with E-state index in [-0.39, 0.29) is 5.56 Å². The second-order valence-electron chi connectivity index (χ2n) is 3.96. The van der Waals surface area contributed by atoms with Crippen LogP contribution in [0.1, 0.15) is 29.4 Å². The first-order chi connectivity index (χ1) is 9.13. The fourth-order valence-electron chi connectivity index (χ4n) is 1.80. The van der Waals surface area contributed by atoms with Gasteiger partial charge in [-0.25, -0.2) is 8.78 Å². The summed E-state index contributed by atoms with van der Waals surface area (Å²) in [6.45, 7) is 0. The number of rotatable bonds is 4. The summed E-state index contributed by atoms with van der Waals surface area (Å²) in [4.78, 5) is 4.04. The molecule has 19 heavy (non-hydrogen) atoms. The van der Waals surface area contributed by atoms with E-state index in [0.717, 1.165) is 0 Å². The minimum absolute atomic E-state index is 0.133. The molecule has 0 amide bonds. The summed E-state index contributed by atoms with van der Waals surface area (Å²) < 4.78 is 30.4. The Balaban J connectivity index is 2.38. The molecule has 100 valence electrons. The van der Waals surface area contributed by atoms with E-state index < -0.39 is 12.5 Å². The molecule has 0 aliphatic heterocycles. The maximum absolute atomic E-state index is 12.6. The SMILES string of the molecule is COc1cccnc1C(O)c1cccc(C(F)F)c1. The van der Waals surface area contributed by atoms with Crippen LogP contribution in [0, 0.1) is 0 Å². The lowest BCUT2D eigenvalue weighted by Crippen LogP contribution is -2.05. The summed E-state index contributed by atoms with van der Waals surface area (Å²) in [7, 11) is 1.46. The van der Waals surface area contributed by atoms with Crippen LogP contribution >= 0.6 is 0 Å². The number of halogens is 2. The molecular weight excluding hydrogens is 252 g/mol. The number of benzene rings is 1. The lowest BCUT2D eigenvalue weighted by Gasteiger charge is -2.14. The molecule has 5 heteroatoms. The zero-order chi connectivity index (χ0) is 13.8. The molecule has 0 saturated heterocycles. The lowest BCUT2D eigenvalue weighted by atomic mass is 10.0. The molecule has 3 nitrogen and oxygen atoms in total. The second kappa shape index (κ2) is 5.75. The molecule has 0 bridgehead atoms. The summed E-state index contributed by atoms with van der Waals surface area (Å²) in [6.07, 6.45) is -2.16.